The molecule has 1 atom stereocenters. The van der Waals surface area contributed by atoms with E-state index in [-0.39, 0.29) is 0 Å². The Bertz CT molecular complexity index is 271. The Morgan fingerprint density at radius 3 is 2.67 bits per heavy atom. The van der Waals surface area contributed by atoms with E-state index in [1.54, 1.807) is 0 Å². The van der Waals surface area contributed by atoms with Gasteiger partial charge in [-0.2, -0.15) is 0 Å². The highest BCUT2D eigenvalue weighted by Crippen LogP contribution is 2.23. The lowest BCUT2D eigenvalue weighted by Gasteiger charge is -2.14. The summed E-state index contributed by atoms with van der Waals surface area (Å²) in [4.78, 5) is 0. The molecule has 1 aromatic carbocycles. The molecule has 1 unspecified atom stereocenters. The SMILES string of the molecule is CNC(C)c1cccc(Br)c1C. The van der Waals surface area contributed by atoms with Gasteiger partial charge in [0, 0.05) is 10.5 Å². The van der Waals surface area contributed by atoms with Crippen LogP contribution in [-0.2, 0) is 0 Å². The van der Waals surface area contributed by atoms with Crippen LogP contribution in [0.5, 0.6) is 0 Å². The molecule has 0 aromatic heterocycles. The van der Waals surface area contributed by atoms with Crippen LogP contribution >= 0.6 is 15.9 Å². The minimum atomic E-state index is 0.419. The molecule has 2 heteroatoms. The molecule has 0 radical (unpaired) electrons. The fraction of sp³-hybridized carbons (Fsp3) is 0.400. The molecule has 12 heavy (non-hydrogen) atoms. The van der Waals surface area contributed by atoms with Crippen molar-refractivity contribution in [3.63, 3.8) is 0 Å². The molecule has 0 bridgehead atoms. The maximum Gasteiger partial charge on any atom is 0.0292 e. The van der Waals surface area contributed by atoms with Gasteiger partial charge in [-0.3, -0.25) is 0 Å². The number of hydrogen-bond acceptors (Lipinski definition) is 1. The van der Waals surface area contributed by atoms with Gasteiger partial charge in [0.25, 0.3) is 0 Å². The van der Waals surface area contributed by atoms with Gasteiger partial charge in [0.05, 0.1) is 0 Å². The minimum absolute atomic E-state index is 0.419. The topological polar surface area (TPSA) is 12.0 Å². The van der Waals surface area contributed by atoms with E-state index in [0.29, 0.717) is 6.04 Å². The van der Waals surface area contributed by atoms with Gasteiger partial charge in [0.2, 0.25) is 0 Å². The summed E-state index contributed by atoms with van der Waals surface area (Å²) in [6.07, 6.45) is 0. The zero-order valence-corrected chi connectivity index (χ0v) is 9.27. The Morgan fingerprint density at radius 2 is 2.08 bits per heavy atom. The molecule has 1 nitrogen and oxygen atoms in total. The molecule has 0 spiro atoms. The minimum Gasteiger partial charge on any atom is -0.313 e. The largest absolute Gasteiger partial charge is 0.313 e. The standard InChI is InChI=1S/C10H14BrN/c1-7-9(8(2)12-3)5-4-6-10(7)11/h4-6,8,12H,1-3H3. The predicted octanol–water partition coefficient (Wildman–Crippen LogP) is 3.04. The summed E-state index contributed by atoms with van der Waals surface area (Å²) in [5.74, 6) is 0. The van der Waals surface area contributed by atoms with Crippen molar-refractivity contribution in [1.82, 2.24) is 5.32 Å². The molecule has 0 aliphatic rings. The lowest BCUT2D eigenvalue weighted by Crippen LogP contribution is -2.13. The number of halogens is 1. The molecule has 1 rings (SSSR count). The zero-order valence-electron chi connectivity index (χ0n) is 7.69. The smallest absolute Gasteiger partial charge is 0.0292 e. The van der Waals surface area contributed by atoms with Gasteiger partial charge in [-0.05, 0) is 38.1 Å². The molecular weight excluding hydrogens is 214 g/mol. The number of benzene rings is 1. The van der Waals surface area contributed by atoms with Crippen LogP contribution in [0.2, 0.25) is 0 Å². The van der Waals surface area contributed by atoms with E-state index in [1.807, 2.05) is 7.05 Å². The predicted molar refractivity (Wildman–Crippen MR) is 56.4 cm³/mol. The normalized spacial score (nSPS) is 13.0. The Balaban J connectivity index is 3.07. The fourth-order valence-electron chi connectivity index (χ4n) is 1.25. The third-order valence-electron chi connectivity index (χ3n) is 2.21. The van der Waals surface area contributed by atoms with Crippen molar-refractivity contribution in [3.05, 3.63) is 33.8 Å². The van der Waals surface area contributed by atoms with Gasteiger partial charge in [0.1, 0.15) is 0 Å². The van der Waals surface area contributed by atoms with Gasteiger partial charge in [0.15, 0.2) is 0 Å². The van der Waals surface area contributed by atoms with Crippen molar-refractivity contribution < 1.29 is 0 Å². The molecule has 0 aliphatic carbocycles. The first kappa shape index (κ1) is 9.75. The van der Waals surface area contributed by atoms with Gasteiger partial charge in [-0.1, -0.05) is 28.1 Å². The van der Waals surface area contributed by atoms with E-state index in [2.05, 4.69) is 53.3 Å². The van der Waals surface area contributed by atoms with Crippen molar-refractivity contribution >= 4 is 15.9 Å². The van der Waals surface area contributed by atoms with Gasteiger partial charge < -0.3 is 5.32 Å². The Kier molecular flexibility index (Phi) is 3.29. The van der Waals surface area contributed by atoms with Crippen molar-refractivity contribution in [2.24, 2.45) is 0 Å². The summed E-state index contributed by atoms with van der Waals surface area (Å²) in [6.45, 7) is 4.29. The molecule has 0 saturated carbocycles. The molecule has 0 saturated heterocycles. The second-order valence-corrected chi connectivity index (χ2v) is 3.82. The van der Waals surface area contributed by atoms with Crippen molar-refractivity contribution in [1.29, 1.82) is 0 Å². The molecule has 0 aliphatic heterocycles. The monoisotopic (exact) mass is 227 g/mol. The molecule has 0 heterocycles. The molecular formula is C10H14BrN. The first-order valence-electron chi connectivity index (χ1n) is 4.09. The summed E-state index contributed by atoms with van der Waals surface area (Å²) in [7, 11) is 1.98. The van der Waals surface area contributed by atoms with E-state index in [0.717, 1.165) is 0 Å². The van der Waals surface area contributed by atoms with Crippen LogP contribution in [0.25, 0.3) is 0 Å². The second-order valence-electron chi connectivity index (χ2n) is 2.96. The van der Waals surface area contributed by atoms with E-state index < -0.39 is 0 Å². The fourth-order valence-corrected chi connectivity index (χ4v) is 1.63. The van der Waals surface area contributed by atoms with E-state index in [1.165, 1.54) is 15.6 Å². The number of hydrogen-bond donors (Lipinski definition) is 1. The molecule has 1 aromatic rings. The summed E-state index contributed by atoms with van der Waals surface area (Å²) in [5, 5.41) is 3.23. The van der Waals surface area contributed by atoms with Crippen LogP contribution in [0.3, 0.4) is 0 Å². The van der Waals surface area contributed by atoms with E-state index in [9.17, 15) is 0 Å². The van der Waals surface area contributed by atoms with Crippen LogP contribution in [0.15, 0.2) is 22.7 Å². The Hall–Kier alpha value is -0.340. The third-order valence-corrected chi connectivity index (χ3v) is 3.07. The average Bonchev–Trinajstić information content (AvgIpc) is 2.08. The first-order valence-corrected chi connectivity index (χ1v) is 4.88. The van der Waals surface area contributed by atoms with Crippen molar-refractivity contribution in [2.75, 3.05) is 7.05 Å². The van der Waals surface area contributed by atoms with Crippen LogP contribution in [0, 0.1) is 6.92 Å². The van der Waals surface area contributed by atoms with Crippen molar-refractivity contribution in [2.45, 2.75) is 19.9 Å². The summed E-state index contributed by atoms with van der Waals surface area (Å²) < 4.78 is 1.18. The van der Waals surface area contributed by atoms with Crippen LogP contribution in [0.1, 0.15) is 24.1 Å². The Morgan fingerprint density at radius 1 is 1.42 bits per heavy atom. The highest BCUT2D eigenvalue weighted by Gasteiger charge is 2.06. The van der Waals surface area contributed by atoms with E-state index in [4.69, 9.17) is 0 Å². The molecule has 66 valence electrons. The first-order chi connectivity index (χ1) is 5.66. The summed E-state index contributed by atoms with van der Waals surface area (Å²) in [5.41, 5.74) is 2.67. The van der Waals surface area contributed by atoms with Gasteiger partial charge in [-0.15, -0.1) is 0 Å². The lowest BCUT2D eigenvalue weighted by atomic mass is 10.0. The summed E-state index contributed by atoms with van der Waals surface area (Å²) in [6, 6.07) is 6.71. The van der Waals surface area contributed by atoms with Crippen LogP contribution in [-0.4, -0.2) is 7.05 Å². The summed E-state index contributed by atoms with van der Waals surface area (Å²) >= 11 is 3.52. The zero-order chi connectivity index (χ0) is 9.14. The molecule has 1 N–H and O–H groups in total. The highest BCUT2D eigenvalue weighted by atomic mass is 79.9. The molecule has 0 fully saturated rings. The quantitative estimate of drug-likeness (QED) is 0.820. The van der Waals surface area contributed by atoms with Gasteiger partial charge in [-0.25, -0.2) is 0 Å². The number of nitrogens with one attached hydrogen (secondary N) is 1. The maximum atomic E-state index is 3.52. The Labute approximate surface area is 82.3 Å². The van der Waals surface area contributed by atoms with Crippen molar-refractivity contribution in [3.8, 4) is 0 Å². The van der Waals surface area contributed by atoms with Crippen LogP contribution < -0.4 is 5.32 Å². The second kappa shape index (κ2) is 4.06. The van der Waals surface area contributed by atoms with E-state index >= 15 is 0 Å². The third kappa shape index (κ3) is 1.87. The maximum absolute atomic E-state index is 3.52. The number of rotatable bonds is 2. The van der Waals surface area contributed by atoms with Crippen LogP contribution in [0.4, 0.5) is 0 Å². The molecule has 0 amide bonds. The van der Waals surface area contributed by atoms with Gasteiger partial charge >= 0.3 is 0 Å². The lowest BCUT2D eigenvalue weighted by molar-refractivity contribution is 0.648. The average molecular weight is 228 g/mol. The highest BCUT2D eigenvalue weighted by molar-refractivity contribution is 9.10.